The van der Waals surface area contributed by atoms with E-state index >= 15 is 0 Å². The van der Waals surface area contributed by atoms with Gasteiger partial charge >= 0.3 is 0 Å². The predicted octanol–water partition coefficient (Wildman–Crippen LogP) is 2.13. The van der Waals surface area contributed by atoms with E-state index < -0.39 is 0 Å². The molecule has 3 aromatic heterocycles. The molecule has 162 valence electrons. The lowest BCUT2D eigenvalue weighted by Gasteiger charge is -2.24. The van der Waals surface area contributed by atoms with Crippen LogP contribution in [0.4, 0.5) is 5.82 Å². The molecule has 0 unspecified atom stereocenters. The number of ether oxygens (including phenoxy) is 1. The quantitative estimate of drug-likeness (QED) is 0.495. The lowest BCUT2D eigenvalue weighted by Crippen LogP contribution is -2.47. The number of hydrogen-bond acceptors (Lipinski definition) is 5. The van der Waals surface area contributed by atoms with Crippen molar-refractivity contribution in [3.8, 4) is 0 Å². The van der Waals surface area contributed by atoms with Crippen LogP contribution in [0.5, 0.6) is 0 Å². The zero-order valence-corrected chi connectivity index (χ0v) is 17.5. The Kier molecular flexibility index (Phi) is 5.31. The molecule has 0 spiro atoms. The molecule has 1 aliphatic carbocycles. The van der Waals surface area contributed by atoms with Gasteiger partial charge in [0.05, 0.1) is 12.1 Å². The summed E-state index contributed by atoms with van der Waals surface area (Å²) >= 11 is 0. The fourth-order valence-electron chi connectivity index (χ4n) is 4.86. The van der Waals surface area contributed by atoms with Gasteiger partial charge in [0.15, 0.2) is 0 Å². The number of anilines is 1. The van der Waals surface area contributed by atoms with Crippen molar-refractivity contribution in [1.29, 1.82) is 0 Å². The highest BCUT2D eigenvalue weighted by atomic mass is 16.5. The number of carbonyl (C=O) groups is 1. The summed E-state index contributed by atoms with van der Waals surface area (Å²) in [4.78, 5) is 31.2. The number of pyridine rings is 2. The van der Waals surface area contributed by atoms with Crippen LogP contribution in [0.25, 0.3) is 16.7 Å². The number of nitrogen functional groups attached to an aromatic ring is 1. The van der Waals surface area contributed by atoms with E-state index in [2.05, 4.69) is 5.32 Å². The molecular formula is C23H28N5O3+. The Morgan fingerprint density at radius 2 is 2.06 bits per heavy atom. The van der Waals surface area contributed by atoms with Crippen LogP contribution < -0.4 is 21.2 Å². The number of amides is 1. The minimum atomic E-state index is -0.281. The lowest BCUT2D eigenvalue weighted by molar-refractivity contribution is -0.689. The standard InChI is InChI=1S/C23H27N5O3/c24-20-17(22(29)25-14-16-9-6-12-31-16)13-18-21(28(20)15-7-2-1-3-8-15)26-19-10-4-5-11-27(19)23(18)30/h4-5,10-11,13,15-16,24H,1-3,6-9,12,14H2,(H,25,29)/p+1/t16-/m0/s1. The molecule has 1 aliphatic heterocycles. The van der Waals surface area contributed by atoms with E-state index in [1.807, 2.05) is 16.7 Å². The number of fused-ring (bicyclic) bond motifs is 2. The first-order chi connectivity index (χ1) is 15.1. The third-order valence-corrected chi connectivity index (χ3v) is 6.50. The van der Waals surface area contributed by atoms with E-state index in [1.54, 1.807) is 18.3 Å². The zero-order valence-electron chi connectivity index (χ0n) is 17.5. The van der Waals surface area contributed by atoms with Crippen molar-refractivity contribution in [2.24, 2.45) is 0 Å². The first kappa shape index (κ1) is 19.9. The molecule has 3 N–H and O–H groups in total. The topological polar surface area (TPSA) is 103 Å². The Morgan fingerprint density at radius 3 is 2.84 bits per heavy atom. The number of nitrogens with two attached hydrogens (primary N) is 1. The number of hydrogen-bond donors (Lipinski definition) is 2. The van der Waals surface area contributed by atoms with E-state index in [4.69, 9.17) is 15.5 Å². The molecule has 4 heterocycles. The van der Waals surface area contributed by atoms with E-state index in [9.17, 15) is 9.59 Å². The van der Waals surface area contributed by atoms with Crippen LogP contribution in [0.15, 0.2) is 35.3 Å². The van der Waals surface area contributed by atoms with Crippen LogP contribution >= 0.6 is 0 Å². The fraction of sp³-hybridized carbons (Fsp3) is 0.478. The molecule has 1 atom stereocenters. The van der Waals surface area contributed by atoms with Crippen LogP contribution in [-0.2, 0) is 4.74 Å². The first-order valence-electron chi connectivity index (χ1n) is 11.2. The molecule has 3 aromatic rings. The Bertz CT molecular complexity index is 1190. The van der Waals surface area contributed by atoms with Crippen molar-refractivity contribution in [3.63, 3.8) is 0 Å². The molecular weight excluding hydrogens is 394 g/mol. The Morgan fingerprint density at radius 1 is 1.23 bits per heavy atom. The molecule has 1 amide bonds. The van der Waals surface area contributed by atoms with Crippen molar-refractivity contribution in [3.05, 3.63) is 46.4 Å². The Balaban J connectivity index is 1.65. The van der Waals surface area contributed by atoms with Gasteiger partial charge < -0.3 is 15.8 Å². The number of aromatic nitrogens is 3. The largest absolute Gasteiger partial charge is 0.376 e. The Labute approximate surface area is 180 Å². The van der Waals surface area contributed by atoms with Gasteiger partial charge in [0, 0.05) is 19.3 Å². The second kappa shape index (κ2) is 8.26. The van der Waals surface area contributed by atoms with Gasteiger partial charge in [-0.1, -0.05) is 17.5 Å². The highest BCUT2D eigenvalue weighted by molar-refractivity contribution is 6.00. The minimum Gasteiger partial charge on any atom is -0.376 e. The maximum absolute atomic E-state index is 13.3. The van der Waals surface area contributed by atoms with E-state index in [0.29, 0.717) is 34.6 Å². The van der Waals surface area contributed by atoms with Crippen LogP contribution in [-0.4, -0.2) is 34.5 Å². The number of carbonyl (C=O) groups excluding carboxylic acids is 1. The molecule has 1 saturated heterocycles. The van der Waals surface area contributed by atoms with E-state index in [1.165, 1.54) is 10.8 Å². The van der Waals surface area contributed by atoms with Crippen molar-refractivity contribution >= 4 is 28.4 Å². The van der Waals surface area contributed by atoms with Gasteiger partial charge in [0.1, 0.15) is 10.9 Å². The minimum absolute atomic E-state index is 0.0346. The SMILES string of the molecule is Nc1c(C(=O)NC[C@@H]2CCCO2)cc2c(=O)n3ccccc3nc2[n+]1C1CCCCC1. The van der Waals surface area contributed by atoms with Gasteiger partial charge in [0.2, 0.25) is 11.5 Å². The van der Waals surface area contributed by atoms with Gasteiger partial charge in [-0.2, -0.15) is 0 Å². The van der Waals surface area contributed by atoms with Crippen molar-refractivity contribution in [1.82, 2.24) is 14.7 Å². The average molecular weight is 423 g/mol. The second-order valence-electron chi connectivity index (χ2n) is 8.53. The van der Waals surface area contributed by atoms with E-state index in [-0.39, 0.29) is 23.6 Å². The molecule has 0 bridgehead atoms. The van der Waals surface area contributed by atoms with Crippen LogP contribution in [0.2, 0.25) is 0 Å². The molecule has 8 heteroatoms. The maximum atomic E-state index is 13.3. The third kappa shape index (κ3) is 3.65. The zero-order chi connectivity index (χ0) is 21.4. The van der Waals surface area contributed by atoms with E-state index in [0.717, 1.165) is 45.1 Å². The lowest BCUT2D eigenvalue weighted by atomic mass is 9.94. The monoisotopic (exact) mass is 422 g/mol. The van der Waals surface area contributed by atoms with Crippen LogP contribution in [0.1, 0.15) is 61.3 Å². The summed E-state index contributed by atoms with van der Waals surface area (Å²) in [5.41, 5.74) is 7.83. The highest BCUT2D eigenvalue weighted by Crippen LogP contribution is 2.27. The summed E-state index contributed by atoms with van der Waals surface area (Å²) in [5, 5.41) is 3.35. The average Bonchev–Trinajstić information content (AvgIpc) is 3.32. The van der Waals surface area contributed by atoms with Crippen molar-refractivity contribution in [2.45, 2.75) is 57.1 Å². The fourth-order valence-corrected chi connectivity index (χ4v) is 4.86. The van der Waals surface area contributed by atoms with Gasteiger partial charge in [-0.3, -0.25) is 14.0 Å². The number of nitrogens with one attached hydrogen (secondary N) is 1. The molecule has 31 heavy (non-hydrogen) atoms. The van der Waals surface area contributed by atoms with Crippen molar-refractivity contribution < 1.29 is 14.1 Å². The summed E-state index contributed by atoms with van der Waals surface area (Å²) in [6, 6.07) is 7.19. The summed E-state index contributed by atoms with van der Waals surface area (Å²) in [6.07, 6.45) is 8.98. The summed E-state index contributed by atoms with van der Waals surface area (Å²) in [7, 11) is 0. The summed E-state index contributed by atoms with van der Waals surface area (Å²) in [5.74, 6) is 0.0911. The van der Waals surface area contributed by atoms with Gasteiger partial charge in [-0.15, -0.1) is 0 Å². The summed E-state index contributed by atoms with van der Waals surface area (Å²) in [6.45, 7) is 1.17. The normalized spacial score (nSPS) is 19.8. The first-order valence-corrected chi connectivity index (χ1v) is 11.2. The molecule has 0 aromatic carbocycles. The molecule has 0 radical (unpaired) electrons. The smallest absolute Gasteiger partial charge is 0.278 e. The molecule has 1 saturated carbocycles. The van der Waals surface area contributed by atoms with Gasteiger partial charge in [-0.25, -0.2) is 4.57 Å². The molecule has 2 aliphatic rings. The second-order valence-corrected chi connectivity index (χ2v) is 8.53. The predicted molar refractivity (Wildman–Crippen MR) is 117 cm³/mol. The number of rotatable bonds is 4. The molecule has 2 fully saturated rings. The van der Waals surface area contributed by atoms with Crippen molar-refractivity contribution in [2.75, 3.05) is 18.9 Å². The van der Waals surface area contributed by atoms with Gasteiger partial charge in [-0.05, 0) is 56.7 Å². The highest BCUT2D eigenvalue weighted by Gasteiger charge is 2.30. The van der Waals surface area contributed by atoms with Crippen LogP contribution in [0, 0.1) is 0 Å². The number of nitrogens with zero attached hydrogens (tertiary/aromatic N) is 3. The third-order valence-electron chi connectivity index (χ3n) is 6.50. The van der Waals surface area contributed by atoms with Crippen LogP contribution in [0.3, 0.4) is 0 Å². The maximum Gasteiger partial charge on any atom is 0.278 e. The molecule has 5 rings (SSSR count). The summed E-state index contributed by atoms with van der Waals surface area (Å²) < 4.78 is 9.06. The Hall–Kier alpha value is -3.00. The molecule has 8 nitrogen and oxygen atoms in total. The van der Waals surface area contributed by atoms with Gasteiger partial charge in [0.25, 0.3) is 17.1 Å².